The fraction of sp³-hybridized carbons (Fsp3) is 0.188. The molecule has 2 atom stereocenters. The maximum Gasteiger partial charge on any atom is 0.269 e. The van der Waals surface area contributed by atoms with Crippen LogP contribution in [0.1, 0.15) is 18.6 Å². The normalized spacial score (nSPS) is 13.2. The minimum absolute atomic E-state index is 0.0291. The number of ketones is 1. The van der Waals surface area contributed by atoms with Gasteiger partial charge in [0.1, 0.15) is 17.9 Å². The van der Waals surface area contributed by atoms with Crippen LogP contribution in [0.4, 0.5) is 5.69 Å². The first-order valence-corrected chi connectivity index (χ1v) is 6.71. The van der Waals surface area contributed by atoms with Crippen molar-refractivity contribution < 1.29 is 14.5 Å². The SMILES string of the molecule is CC(=O)C(N)C(Oc1ccccc1)c1ccc([N+](=O)[O-])cc1. The zero-order valence-electron chi connectivity index (χ0n) is 12.0. The van der Waals surface area contributed by atoms with E-state index in [-0.39, 0.29) is 11.5 Å². The minimum atomic E-state index is -0.860. The number of ether oxygens (including phenoxy) is 1. The Kier molecular flexibility index (Phi) is 4.85. The van der Waals surface area contributed by atoms with Crippen molar-refractivity contribution in [1.82, 2.24) is 0 Å². The molecule has 2 unspecified atom stereocenters. The third kappa shape index (κ3) is 3.67. The van der Waals surface area contributed by atoms with E-state index < -0.39 is 17.1 Å². The highest BCUT2D eigenvalue weighted by Gasteiger charge is 2.26. The monoisotopic (exact) mass is 300 g/mol. The van der Waals surface area contributed by atoms with Gasteiger partial charge >= 0.3 is 0 Å². The lowest BCUT2D eigenvalue weighted by Gasteiger charge is -2.23. The van der Waals surface area contributed by atoms with E-state index in [4.69, 9.17) is 10.5 Å². The van der Waals surface area contributed by atoms with Crippen LogP contribution in [0.25, 0.3) is 0 Å². The molecule has 0 aliphatic heterocycles. The average molecular weight is 300 g/mol. The zero-order valence-corrected chi connectivity index (χ0v) is 12.0. The predicted octanol–water partition coefficient (Wildman–Crippen LogP) is 2.63. The van der Waals surface area contributed by atoms with Crippen LogP contribution in [0, 0.1) is 10.1 Å². The molecule has 0 saturated heterocycles. The Morgan fingerprint density at radius 1 is 1.14 bits per heavy atom. The van der Waals surface area contributed by atoms with Crippen LogP contribution in [-0.4, -0.2) is 16.7 Å². The van der Waals surface area contributed by atoms with E-state index >= 15 is 0 Å². The quantitative estimate of drug-likeness (QED) is 0.653. The van der Waals surface area contributed by atoms with Crippen LogP contribution < -0.4 is 10.5 Å². The number of hydrogen-bond donors (Lipinski definition) is 1. The number of nitrogens with zero attached hydrogens (tertiary/aromatic N) is 1. The van der Waals surface area contributed by atoms with Crippen molar-refractivity contribution in [3.63, 3.8) is 0 Å². The van der Waals surface area contributed by atoms with Gasteiger partial charge in [-0.05, 0) is 36.8 Å². The van der Waals surface area contributed by atoms with Gasteiger partial charge in [-0.2, -0.15) is 0 Å². The second-order valence-corrected chi connectivity index (χ2v) is 4.84. The largest absolute Gasteiger partial charge is 0.484 e. The van der Waals surface area contributed by atoms with Crippen molar-refractivity contribution in [3.8, 4) is 5.75 Å². The van der Waals surface area contributed by atoms with Crippen molar-refractivity contribution in [1.29, 1.82) is 0 Å². The second kappa shape index (κ2) is 6.82. The maximum atomic E-state index is 11.6. The van der Waals surface area contributed by atoms with Gasteiger partial charge in [-0.15, -0.1) is 0 Å². The molecule has 0 saturated carbocycles. The van der Waals surface area contributed by atoms with Crippen LogP contribution in [0.3, 0.4) is 0 Å². The summed E-state index contributed by atoms with van der Waals surface area (Å²) in [6.07, 6.45) is -0.708. The third-order valence-electron chi connectivity index (χ3n) is 3.23. The van der Waals surface area contributed by atoms with Crippen LogP contribution in [0.5, 0.6) is 5.75 Å². The summed E-state index contributed by atoms with van der Waals surface area (Å²) in [5.74, 6) is 0.349. The van der Waals surface area contributed by atoms with E-state index in [1.807, 2.05) is 18.2 Å². The molecule has 114 valence electrons. The molecule has 22 heavy (non-hydrogen) atoms. The molecule has 2 aromatic rings. The lowest BCUT2D eigenvalue weighted by molar-refractivity contribution is -0.384. The molecule has 6 heteroatoms. The molecule has 0 aromatic heterocycles. The fourth-order valence-corrected chi connectivity index (χ4v) is 1.99. The summed E-state index contributed by atoms with van der Waals surface area (Å²) in [4.78, 5) is 21.8. The van der Waals surface area contributed by atoms with Crippen LogP contribution in [-0.2, 0) is 4.79 Å². The van der Waals surface area contributed by atoms with Gasteiger partial charge in [-0.25, -0.2) is 0 Å². The van der Waals surface area contributed by atoms with E-state index in [0.29, 0.717) is 11.3 Å². The summed E-state index contributed by atoms with van der Waals surface area (Å²) in [6.45, 7) is 1.39. The molecule has 0 heterocycles. The van der Waals surface area contributed by atoms with Gasteiger partial charge in [-0.3, -0.25) is 14.9 Å². The number of carbonyl (C=O) groups is 1. The van der Waals surface area contributed by atoms with E-state index in [1.165, 1.54) is 19.1 Å². The molecule has 2 N–H and O–H groups in total. The molecular formula is C16H16N2O4. The number of nitro benzene ring substituents is 1. The molecular weight excluding hydrogens is 284 g/mol. The standard InChI is InChI=1S/C16H16N2O4/c1-11(19)15(17)16(22-14-5-3-2-4-6-14)12-7-9-13(10-8-12)18(20)21/h2-10,15-16H,17H2,1H3. The molecule has 2 rings (SSSR count). The molecule has 0 amide bonds. The van der Waals surface area contributed by atoms with Crippen LogP contribution in [0.2, 0.25) is 0 Å². The van der Waals surface area contributed by atoms with E-state index in [0.717, 1.165) is 0 Å². The first-order chi connectivity index (χ1) is 10.5. The number of nitro groups is 1. The highest BCUT2D eigenvalue weighted by atomic mass is 16.6. The van der Waals surface area contributed by atoms with Crippen LogP contribution in [0.15, 0.2) is 54.6 Å². The average Bonchev–Trinajstić information content (AvgIpc) is 2.53. The Hall–Kier alpha value is -2.73. The summed E-state index contributed by atoms with van der Waals surface area (Å²) in [5.41, 5.74) is 6.51. The number of carbonyl (C=O) groups excluding carboxylic acids is 1. The highest BCUT2D eigenvalue weighted by Crippen LogP contribution is 2.26. The Balaban J connectivity index is 2.31. The van der Waals surface area contributed by atoms with Crippen LogP contribution >= 0.6 is 0 Å². The predicted molar refractivity (Wildman–Crippen MR) is 81.6 cm³/mol. The molecule has 6 nitrogen and oxygen atoms in total. The number of rotatable bonds is 6. The third-order valence-corrected chi connectivity index (χ3v) is 3.23. The highest BCUT2D eigenvalue weighted by molar-refractivity contribution is 5.82. The number of hydrogen-bond acceptors (Lipinski definition) is 5. The zero-order chi connectivity index (χ0) is 16.1. The molecule has 0 radical (unpaired) electrons. The summed E-state index contributed by atoms with van der Waals surface area (Å²) < 4.78 is 5.81. The summed E-state index contributed by atoms with van der Waals surface area (Å²) in [6, 6.07) is 13.9. The minimum Gasteiger partial charge on any atom is -0.484 e. The number of non-ortho nitro benzene ring substituents is 1. The van der Waals surface area contributed by atoms with Crippen molar-refractivity contribution in [2.75, 3.05) is 0 Å². The van der Waals surface area contributed by atoms with Gasteiger partial charge in [0.25, 0.3) is 5.69 Å². The molecule has 0 aliphatic carbocycles. The smallest absolute Gasteiger partial charge is 0.269 e. The Morgan fingerprint density at radius 3 is 2.23 bits per heavy atom. The van der Waals surface area contributed by atoms with Gasteiger partial charge in [0.2, 0.25) is 0 Å². The van der Waals surface area contributed by atoms with Gasteiger partial charge in [-0.1, -0.05) is 18.2 Å². The summed E-state index contributed by atoms with van der Waals surface area (Å²) in [5, 5.41) is 10.7. The van der Waals surface area contributed by atoms with E-state index in [1.54, 1.807) is 24.3 Å². The lowest BCUT2D eigenvalue weighted by Crippen LogP contribution is -2.38. The van der Waals surface area contributed by atoms with Crippen molar-refractivity contribution in [3.05, 3.63) is 70.3 Å². The molecule has 0 fully saturated rings. The number of benzene rings is 2. The molecule has 0 spiro atoms. The van der Waals surface area contributed by atoms with Gasteiger partial charge in [0, 0.05) is 12.1 Å². The van der Waals surface area contributed by atoms with Crippen molar-refractivity contribution >= 4 is 11.5 Å². The first-order valence-electron chi connectivity index (χ1n) is 6.71. The van der Waals surface area contributed by atoms with Crippen molar-refractivity contribution in [2.24, 2.45) is 5.73 Å². The number of Topliss-reactive ketones (excluding diaryl/α,β-unsaturated/α-hetero) is 1. The number of para-hydroxylation sites is 1. The molecule has 2 aromatic carbocycles. The lowest BCUT2D eigenvalue weighted by atomic mass is 9.99. The Bertz CT molecular complexity index is 656. The fourth-order valence-electron chi connectivity index (χ4n) is 1.99. The van der Waals surface area contributed by atoms with Gasteiger partial charge < -0.3 is 10.5 Å². The maximum absolute atomic E-state index is 11.6. The number of nitrogens with two attached hydrogens (primary N) is 1. The topological polar surface area (TPSA) is 95.5 Å². The summed E-state index contributed by atoms with van der Waals surface area (Å²) in [7, 11) is 0. The van der Waals surface area contributed by atoms with Gasteiger partial charge in [0.05, 0.1) is 4.92 Å². The van der Waals surface area contributed by atoms with Crippen molar-refractivity contribution in [2.45, 2.75) is 19.1 Å². The van der Waals surface area contributed by atoms with E-state index in [9.17, 15) is 14.9 Å². The summed E-state index contributed by atoms with van der Waals surface area (Å²) >= 11 is 0. The second-order valence-electron chi connectivity index (χ2n) is 4.84. The first kappa shape index (κ1) is 15.7. The Morgan fingerprint density at radius 2 is 1.73 bits per heavy atom. The molecule has 0 bridgehead atoms. The van der Waals surface area contributed by atoms with Gasteiger partial charge in [0.15, 0.2) is 5.78 Å². The van der Waals surface area contributed by atoms with E-state index in [2.05, 4.69) is 0 Å². The Labute approximate surface area is 127 Å². The molecule has 0 aliphatic rings.